The number of nitrogens with one attached hydrogen (secondary N) is 1. The Hall–Kier alpha value is -3.47. The highest BCUT2D eigenvalue weighted by molar-refractivity contribution is 5.97. The van der Waals surface area contributed by atoms with Crippen LogP contribution in [0.15, 0.2) is 48.5 Å². The van der Waals surface area contributed by atoms with Crippen molar-refractivity contribution in [3.8, 4) is 17.1 Å². The monoisotopic (exact) mass is 491 g/mol. The van der Waals surface area contributed by atoms with E-state index in [1.54, 1.807) is 35.9 Å². The number of hydrogen-bond donors (Lipinski definition) is 1. The van der Waals surface area contributed by atoms with Gasteiger partial charge in [-0.1, -0.05) is 6.07 Å². The van der Waals surface area contributed by atoms with Gasteiger partial charge in [0.05, 0.1) is 5.56 Å². The minimum atomic E-state index is -4.46. The van der Waals surface area contributed by atoms with Crippen molar-refractivity contribution in [1.82, 2.24) is 19.7 Å². The fraction of sp³-hybridized carbons (Fsp3) is 0.375. The number of rotatable bonds is 6. The summed E-state index contributed by atoms with van der Waals surface area (Å²) in [5.41, 5.74) is -1.53. The first kappa shape index (κ1) is 24.6. The number of amides is 1. The number of likely N-dealkylation sites (tertiary alicyclic amines) is 1. The fourth-order valence-electron chi connectivity index (χ4n) is 3.79. The van der Waals surface area contributed by atoms with Gasteiger partial charge in [0.1, 0.15) is 12.4 Å². The van der Waals surface area contributed by atoms with Gasteiger partial charge in [0.25, 0.3) is 5.91 Å². The molecule has 0 atom stereocenters. The van der Waals surface area contributed by atoms with E-state index < -0.39 is 23.3 Å². The van der Waals surface area contributed by atoms with Gasteiger partial charge >= 0.3 is 6.18 Å². The van der Waals surface area contributed by atoms with E-state index in [9.17, 15) is 22.4 Å². The van der Waals surface area contributed by atoms with Crippen LogP contribution in [-0.4, -0.2) is 51.4 Å². The molecule has 1 fully saturated rings. The summed E-state index contributed by atoms with van der Waals surface area (Å²) in [7, 11) is 3.61. The van der Waals surface area contributed by atoms with Crippen LogP contribution in [0.25, 0.3) is 11.4 Å². The molecule has 0 bridgehead atoms. The van der Waals surface area contributed by atoms with Crippen molar-refractivity contribution in [1.29, 1.82) is 0 Å². The van der Waals surface area contributed by atoms with Gasteiger partial charge in [0.2, 0.25) is 0 Å². The third kappa shape index (κ3) is 5.61. The van der Waals surface area contributed by atoms with Crippen LogP contribution in [-0.2, 0) is 24.6 Å². The first-order valence-electron chi connectivity index (χ1n) is 11.0. The van der Waals surface area contributed by atoms with Gasteiger partial charge in [0.15, 0.2) is 17.3 Å². The molecule has 2 aromatic carbocycles. The highest BCUT2D eigenvalue weighted by atomic mass is 19.4. The molecule has 3 aromatic rings. The third-order valence-electron chi connectivity index (χ3n) is 6.08. The predicted molar refractivity (Wildman–Crippen MR) is 121 cm³/mol. The molecule has 1 N–H and O–H groups in total. The molecule has 1 aromatic heterocycles. The first-order valence-corrected chi connectivity index (χ1v) is 11.0. The van der Waals surface area contributed by atoms with Crippen LogP contribution < -0.4 is 10.1 Å². The van der Waals surface area contributed by atoms with E-state index in [0.717, 1.165) is 12.1 Å². The Morgan fingerprint density at radius 3 is 2.43 bits per heavy atom. The van der Waals surface area contributed by atoms with E-state index in [-0.39, 0.29) is 25.2 Å². The summed E-state index contributed by atoms with van der Waals surface area (Å²) in [4.78, 5) is 14.5. The summed E-state index contributed by atoms with van der Waals surface area (Å²) >= 11 is 0. The molecule has 1 saturated heterocycles. The molecule has 2 heterocycles. The maximum absolute atomic E-state index is 15.0. The molecule has 1 aliphatic heterocycles. The molecule has 186 valence electrons. The lowest BCUT2D eigenvalue weighted by molar-refractivity contribution is -0.137. The van der Waals surface area contributed by atoms with Gasteiger partial charge < -0.3 is 19.5 Å². The van der Waals surface area contributed by atoms with Crippen LogP contribution in [0.3, 0.4) is 0 Å². The average Bonchev–Trinajstić information content (AvgIpc) is 3.20. The molecule has 11 heteroatoms. The Balaban J connectivity index is 1.40. The maximum Gasteiger partial charge on any atom is 0.416 e. The summed E-state index contributed by atoms with van der Waals surface area (Å²) in [5, 5.41) is 10.8. The van der Waals surface area contributed by atoms with Crippen LogP contribution in [0.1, 0.15) is 24.2 Å². The summed E-state index contributed by atoms with van der Waals surface area (Å²) in [6.07, 6.45) is -4.16. The van der Waals surface area contributed by atoms with Crippen molar-refractivity contribution in [2.24, 2.45) is 7.05 Å². The third-order valence-corrected chi connectivity index (χ3v) is 6.08. The molecule has 1 amide bonds. The number of anilines is 1. The van der Waals surface area contributed by atoms with E-state index in [4.69, 9.17) is 4.74 Å². The lowest BCUT2D eigenvalue weighted by Gasteiger charge is -2.33. The Bertz CT molecular complexity index is 1190. The van der Waals surface area contributed by atoms with E-state index in [0.29, 0.717) is 36.0 Å². The molecule has 0 unspecified atom stereocenters. The van der Waals surface area contributed by atoms with Gasteiger partial charge in [-0.05, 0) is 49.5 Å². The number of piperidine rings is 1. The molecule has 0 saturated carbocycles. The highest BCUT2D eigenvalue weighted by Crippen LogP contribution is 2.32. The zero-order valence-electron chi connectivity index (χ0n) is 19.3. The number of alkyl halides is 4. The number of carbonyl (C=O) groups is 1. The largest absolute Gasteiger partial charge is 0.486 e. The van der Waals surface area contributed by atoms with Crippen molar-refractivity contribution >= 4 is 11.6 Å². The predicted octanol–water partition coefficient (Wildman–Crippen LogP) is 4.45. The molecule has 35 heavy (non-hydrogen) atoms. The molecule has 4 rings (SSSR count). The Labute approximate surface area is 199 Å². The topological polar surface area (TPSA) is 72.3 Å². The van der Waals surface area contributed by atoms with Gasteiger partial charge in [0, 0.05) is 44.2 Å². The van der Waals surface area contributed by atoms with E-state index in [2.05, 4.69) is 15.5 Å². The molecule has 0 radical (unpaired) electrons. The number of halogens is 4. The van der Waals surface area contributed by atoms with Crippen LogP contribution >= 0.6 is 0 Å². The summed E-state index contributed by atoms with van der Waals surface area (Å²) < 4.78 is 60.8. The molecule has 0 spiro atoms. The number of carbonyl (C=O) groups excluding carboxylic acids is 1. The van der Waals surface area contributed by atoms with Crippen molar-refractivity contribution in [3.05, 3.63) is 59.9 Å². The molecule has 7 nitrogen and oxygen atoms in total. The fourth-order valence-corrected chi connectivity index (χ4v) is 3.79. The standard InChI is InChI=1S/C24H25F4N5O2/c1-32-12-10-23(25,11-13-32)22(34)29-18-8-6-16(7-9-18)21-31-30-20(33(21)2)15-35-19-5-3-4-17(14-19)24(26,27)28/h3-9,14H,10-13,15H2,1-2H3,(H,29,34). The zero-order valence-corrected chi connectivity index (χ0v) is 19.3. The minimum absolute atomic E-state index is 0.0692. The highest BCUT2D eigenvalue weighted by Gasteiger charge is 2.41. The van der Waals surface area contributed by atoms with Crippen LogP contribution in [0.2, 0.25) is 0 Å². The van der Waals surface area contributed by atoms with Crippen molar-refractivity contribution in [2.45, 2.75) is 31.3 Å². The SMILES string of the molecule is CN1CCC(F)(C(=O)Nc2ccc(-c3nnc(COc4cccc(C(F)(F)F)c4)n3C)cc2)CC1. The smallest absolute Gasteiger partial charge is 0.416 e. The second-order valence-corrected chi connectivity index (χ2v) is 8.61. The molecule has 1 aliphatic rings. The van der Waals surface area contributed by atoms with Crippen LogP contribution in [0, 0.1) is 0 Å². The van der Waals surface area contributed by atoms with Crippen LogP contribution in [0.5, 0.6) is 5.75 Å². The van der Waals surface area contributed by atoms with E-state index >= 15 is 0 Å². The van der Waals surface area contributed by atoms with E-state index in [1.165, 1.54) is 12.1 Å². The Morgan fingerprint density at radius 1 is 1.09 bits per heavy atom. The number of nitrogens with zero attached hydrogens (tertiary/aromatic N) is 4. The molecular weight excluding hydrogens is 466 g/mol. The molecule has 0 aliphatic carbocycles. The minimum Gasteiger partial charge on any atom is -0.486 e. The normalized spacial score (nSPS) is 16.2. The van der Waals surface area contributed by atoms with Gasteiger partial charge in [-0.25, -0.2) is 4.39 Å². The van der Waals surface area contributed by atoms with E-state index in [1.807, 2.05) is 11.9 Å². The zero-order chi connectivity index (χ0) is 25.2. The van der Waals surface area contributed by atoms with Gasteiger partial charge in [-0.2, -0.15) is 13.2 Å². The number of hydrogen-bond acceptors (Lipinski definition) is 5. The summed E-state index contributed by atoms with van der Waals surface area (Å²) in [6.45, 7) is 0.969. The second kappa shape index (κ2) is 9.65. The van der Waals surface area contributed by atoms with Gasteiger partial charge in [-0.15, -0.1) is 10.2 Å². The first-order chi connectivity index (χ1) is 16.5. The Kier molecular flexibility index (Phi) is 6.79. The van der Waals surface area contributed by atoms with Gasteiger partial charge in [-0.3, -0.25) is 4.79 Å². The number of aromatic nitrogens is 3. The van der Waals surface area contributed by atoms with Crippen molar-refractivity contribution < 1.29 is 27.1 Å². The Morgan fingerprint density at radius 2 is 1.77 bits per heavy atom. The molecular formula is C24H25F4N5O2. The van der Waals surface area contributed by atoms with Crippen molar-refractivity contribution in [2.75, 3.05) is 25.5 Å². The average molecular weight is 491 g/mol. The second-order valence-electron chi connectivity index (χ2n) is 8.61. The maximum atomic E-state index is 15.0. The summed E-state index contributed by atoms with van der Waals surface area (Å²) in [6, 6.07) is 11.4. The lowest BCUT2D eigenvalue weighted by Crippen LogP contribution is -2.47. The number of ether oxygens (including phenoxy) is 1. The summed E-state index contributed by atoms with van der Waals surface area (Å²) in [5.74, 6) is 0.338. The quantitative estimate of drug-likeness (QED) is 0.516. The number of benzene rings is 2. The van der Waals surface area contributed by atoms with Crippen molar-refractivity contribution in [3.63, 3.8) is 0 Å². The van der Waals surface area contributed by atoms with Crippen LogP contribution in [0.4, 0.5) is 23.2 Å². The lowest BCUT2D eigenvalue weighted by atomic mass is 9.92.